The summed E-state index contributed by atoms with van der Waals surface area (Å²) in [6.45, 7) is 3.37. The Bertz CT molecular complexity index is 965. The molecule has 26 heavy (non-hydrogen) atoms. The highest BCUT2D eigenvalue weighted by atomic mass is 32.2. The Labute approximate surface area is 152 Å². The standard InChI is InChI=1S/C18H20N2O5S/c1-3-10-19-18(22)12(2)25-16(21)11-20-14-8-4-6-13-7-5-9-15(17(13)14)26(20,23)24/h4-9,12H,3,10-11H2,1-2H3,(H,19,22)/t12-/m0/s1. The lowest BCUT2D eigenvalue weighted by Crippen LogP contribution is -2.39. The zero-order valence-electron chi connectivity index (χ0n) is 14.6. The van der Waals surface area contributed by atoms with Crippen molar-refractivity contribution in [3.05, 3.63) is 36.4 Å². The number of amides is 1. The molecule has 1 amide bonds. The number of rotatable bonds is 6. The van der Waals surface area contributed by atoms with Gasteiger partial charge in [0.15, 0.2) is 6.10 Å². The Morgan fingerprint density at radius 2 is 1.88 bits per heavy atom. The second kappa shape index (κ2) is 6.95. The number of esters is 1. The zero-order valence-corrected chi connectivity index (χ0v) is 15.4. The molecule has 2 aromatic carbocycles. The Kier molecular flexibility index (Phi) is 4.86. The molecule has 0 unspecified atom stereocenters. The predicted octanol–water partition coefficient (Wildman–Crippen LogP) is 1.81. The Balaban J connectivity index is 1.80. The summed E-state index contributed by atoms with van der Waals surface area (Å²) in [5, 5.41) is 4.01. The minimum absolute atomic E-state index is 0.173. The molecule has 1 atom stereocenters. The van der Waals surface area contributed by atoms with E-state index >= 15 is 0 Å². The van der Waals surface area contributed by atoms with Gasteiger partial charge in [-0.25, -0.2) is 8.42 Å². The van der Waals surface area contributed by atoms with E-state index in [0.29, 0.717) is 17.6 Å². The molecule has 1 aliphatic rings. The number of ether oxygens (including phenoxy) is 1. The summed E-state index contributed by atoms with van der Waals surface area (Å²) in [6.07, 6.45) is -0.224. The number of carbonyl (C=O) groups is 2. The summed E-state index contributed by atoms with van der Waals surface area (Å²) >= 11 is 0. The maximum absolute atomic E-state index is 12.8. The molecule has 0 saturated heterocycles. The summed E-state index contributed by atoms with van der Waals surface area (Å²) in [5.41, 5.74) is 0.443. The zero-order chi connectivity index (χ0) is 18.9. The van der Waals surface area contributed by atoms with Crippen molar-refractivity contribution in [3.63, 3.8) is 0 Å². The molecule has 0 spiro atoms. The lowest BCUT2D eigenvalue weighted by Gasteiger charge is -2.19. The first kappa shape index (κ1) is 18.2. The monoisotopic (exact) mass is 376 g/mol. The van der Waals surface area contributed by atoms with Gasteiger partial charge in [0.05, 0.1) is 10.6 Å². The number of hydrogen-bond acceptors (Lipinski definition) is 5. The van der Waals surface area contributed by atoms with Gasteiger partial charge in [0.1, 0.15) is 6.54 Å². The Morgan fingerprint density at radius 1 is 1.19 bits per heavy atom. The Morgan fingerprint density at radius 3 is 2.58 bits per heavy atom. The minimum Gasteiger partial charge on any atom is -0.451 e. The third-order valence-electron chi connectivity index (χ3n) is 4.18. The van der Waals surface area contributed by atoms with Crippen LogP contribution in [0.25, 0.3) is 10.8 Å². The summed E-state index contributed by atoms with van der Waals surface area (Å²) in [4.78, 5) is 24.2. The molecule has 0 aromatic heterocycles. The van der Waals surface area contributed by atoms with Crippen molar-refractivity contribution in [3.8, 4) is 0 Å². The number of benzene rings is 2. The first-order valence-electron chi connectivity index (χ1n) is 8.38. The third-order valence-corrected chi connectivity index (χ3v) is 5.98. The predicted molar refractivity (Wildman–Crippen MR) is 97.3 cm³/mol. The lowest BCUT2D eigenvalue weighted by molar-refractivity contribution is -0.153. The first-order chi connectivity index (χ1) is 12.4. The molecular formula is C18H20N2O5S. The third kappa shape index (κ3) is 3.12. The van der Waals surface area contributed by atoms with Crippen molar-refractivity contribution in [2.45, 2.75) is 31.3 Å². The molecule has 0 saturated carbocycles. The molecule has 3 rings (SSSR count). The highest BCUT2D eigenvalue weighted by Crippen LogP contribution is 2.41. The highest BCUT2D eigenvalue weighted by molar-refractivity contribution is 7.93. The molecule has 138 valence electrons. The lowest BCUT2D eigenvalue weighted by atomic mass is 10.1. The maximum atomic E-state index is 12.8. The van der Waals surface area contributed by atoms with Gasteiger partial charge in [-0.05, 0) is 30.9 Å². The van der Waals surface area contributed by atoms with Gasteiger partial charge in [-0.3, -0.25) is 13.9 Å². The van der Waals surface area contributed by atoms with Crippen LogP contribution < -0.4 is 9.62 Å². The molecule has 0 aliphatic carbocycles. The number of carbonyl (C=O) groups excluding carboxylic acids is 2. The Hall–Kier alpha value is -2.61. The van der Waals surface area contributed by atoms with Crippen molar-refractivity contribution < 1.29 is 22.7 Å². The van der Waals surface area contributed by atoms with Gasteiger partial charge in [-0.1, -0.05) is 31.2 Å². The smallest absolute Gasteiger partial charge is 0.327 e. The fourth-order valence-electron chi connectivity index (χ4n) is 2.93. The summed E-state index contributed by atoms with van der Waals surface area (Å²) in [6, 6.07) is 10.2. The van der Waals surface area contributed by atoms with Crippen LogP contribution in [0.3, 0.4) is 0 Å². The topological polar surface area (TPSA) is 92.8 Å². The molecule has 1 aliphatic heterocycles. The average molecular weight is 376 g/mol. The van der Waals surface area contributed by atoms with Crippen LogP contribution in [0.4, 0.5) is 5.69 Å². The van der Waals surface area contributed by atoms with Gasteiger partial charge in [-0.15, -0.1) is 0 Å². The highest BCUT2D eigenvalue weighted by Gasteiger charge is 2.37. The largest absolute Gasteiger partial charge is 0.451 e. The summed E-state index contributed by atoms with van der Waals surface area (Å²) in [5.74, 6) is -1.19. The molecule has 1 heterocycles. The van der Waals surface area contributed by atoms with Gasteiger partial charge < -0.3 is 10.1 Å². The molecule has 0 fully saturated rings. The molecule has 0 radical (unpaired) electrons. The quantitative estimate of drug-likeness (QED) is 0.776. The van der Waals surface area contributed by atoms with E-state index in [1.807, 2.05) is 19.1 Å². The van der Waals surface area contributed by atoms with Crippen LogP contribution in [0.15, 0.2) is 41.3 Å². The molecule has 8 heteroatoms. The van der Waals surface area contributed by atoms with Crippen molar-refractivity contribution in [1.29, 1.82) is 0 Å². The van der Waals surface area contributed by atoms with Crippen LogP contribution in [0.1, 0.15) is 20.3 Å². The summed E-state index contributed by atoms with van der Waals surface area (Å²) < 4.78 is 31.7. The summed E-state index contributed by atoms with van der Waals surface area (Å²) in [7, 11) is -3.83. The van der Waals surface area contributed by atoms with Crippen molar-refractivity contribution >= 4 is 38.4 Å². The normalized spacial score (nSPS) is 15.7. The van der Waals surface area contributed by atoms with Gasteiger partial charge in [0.25, 0.3) is 15.9 Å². The van der Waals surface area contributed by atoms with E-state index in [1.54, 1.807) is 18.2 Å². The average Bonchev–Trinajstić information content (AvgIpc) is 2.83. The van der Waals surface area contributed by atoms with Crippen LogP contribution in [-0.2, 0) is 24.3 Å². The van der Waals surface area contributed by atoms with Crippen LogP contribution in [-0.4, -0.2) is 39.5 Å². The van der Waals surface area contributed by atoms with Gasteiger partial charge >= 0.3 is 5.97 Å². The van der Waals surface area contributed by atoms with Crippen LogP contribution in [0.5, 0.6) is 0 Å². The molecule has 0 bridgehead atoms. The minimum atomic E-state index is -3.83. The number of hydrogen-bond donors (Lipinski definition) is 1. The van der Waals surface area contributed by atoms with Gasteiger partial charge in [0.2, 0.25) is 0 Å². The van der Waals surface area contributed by atoms with Crippen molar-refractivity contribution in [2.75, 3.05) is 17.4 Å². The second-order valence-electron chi connectivity index (χ2n) is 6.07. The van der Waals surface area contributed by atoms with Crippen LogP contribution >= 0.6 is 0 Å². The van der Waals surface area contributed by atoms with Gasteiger partial charge in [0, 0.05) is 11.9 Å². The molecule has 7 nitrogen and oxygen atoms in total. The number of anilines is 1. The van der Waals surface area contributed by atoms with E-state index in [2.05, 4.69) is 5.32 Å². The molecule has 1 N–H and O–H groups in total. The van der Waals surface area contributed by atoms with E-state index in [1.165, 1.54) is 13.0 Å². The van der Waals surface area contributed by atoms with E-state index in [4.69, 9.17) is 4.74 Å². The number of nitrogens with one attached hydrogen (secondary N) is 1. The van der Waals surface area contributed by atoms with Crippen molar-refractivity contribution in [1.82, 2.24) is 5.32 Å². The van der Waals surface area contributed by atoms with Crippen LogP contribution in [0, 0.1) is 0 Å². The molecular weight excluding hydrogens is 356 g/mol. The number of nitrogens with zero attached hydrogens (tertiary/aromatic N) is 1. The molecule has 2 aromatic rings. The van der Waals surface area contributed by atoms with E-state index in [9.17, 15) is 18.0 Å². The first-order valence-corrected chi connectivity index (χ1v) is 9.82. The van der Waals surface area contributed by atoms with E-state index in [-0.39, 0.29) is 4.90 Å². The van der Waals surface area contributed by atoms with Crippen molar-refractivity contribution in [2.24, 2.45) is 0 Å². The fraction of sp³-hybridized carbons (Fsp3) is 0.333. The SMILES string of the molecule is CCCNC(=O)[C@H](C)OC(=O)CN1c2cccc3cccc(c23)S1(=O)=O. The fourth-order valence-corrected chi connectivity index (χ4v) is 4.58. The maximum Gasteiger partial charge on any atom is 0.327 e. The van der Waals surface area contributed by atoms with Crippen LogP contribution in [0.2, 0.25) is 0 Å². The number of sulfonamides is 1. The van der Waals surface area contributed by atoms with E-state index < -0.39 is 34.5 Å². The van der Waals surface area contributed by atoms with Gasteiger partial charge in [-0.2, -0.15) is 0 Å². The van der Waals surface area contributed by atoms with E-state index in [0.717, 1.165) is 16.1 Å². The second-order valence-corrected chi connectivity index (χ2v) is 7.90.